The second-order valence-corrected chi connectivity index (χ2v) is 10.7. The number of para-hydroxylation sites is 1. The van der Waals surface area contributed by atoms with Crippen LogP contribution in [0.2, 0.25) is 0 Å². The van der Waals surface area contributed by atoms with Gasteiger partial charge in [-0.15, -0.1) is 0 Å². The van der Waals surface area contributed by atoms with Crippen molar-refractivity contribution >= 4 is 17.5 Å². The number of piperazine rings is 1. The van der Waals surface area contributed by atoms with Crippen LogP contribution in [0.5, 0.6) is 11.5 Å². The highest BCUT2D eigenvalue weighted by molar-refractivity contribution is 6.02. The molecule has 0 aliphatic carbocycles. The molecule has 3 aromatic rings. The first-order valence-electron chi connectivity index (χ1n) is 14.1. The van der Waals surface area contributed by atoms with Crippen LogP contribution in [-0.4, -0.2) is 81.6 Å². The SMILES string of the molecule is COc1cc2c(cc1OC)[C@H](C(=O)NCCN1CCN(c3ccccc3F)CC1)[C@@H]1c3ccccc3CCN1C2=O. The van der Waals surface area contributed by atoms with Crippen LogP contribution in [0.25, 0.3) is 0 Å². The second kappa shape index (κ2) is 11.4. The Kier molecular flexibility index (Phi) is 7.53. The van der Waals surface area contributed by atoms with Crippen molar-refractivity contribution in [1.82, 2.24) is 15.1 Å². The summed E-state index contributed by atoms with van der Waals surface area (Å²) in [5.41, 5.74) is 3.94. The van der Waals surface area contributed by atoms with Gasteiger partial charge in [0.05, 0.1) is 31.9 Å². The minimum atomic E-state index is -0.596. The number of carbonyl (C=O) groups excluding carboxylic acids is 2. The van der Waals surface area contributed by atoms with E-state index in [1.807, 2.05) is 35.2 Å². The summed E-state index contributed by atoms with van der Waals surface area (Å²) in [6.45, 7) is 4.72. The average molecular weight is 559 g/mol. The van der Waals surface area contributed by atoms with E-state index in [0.29, 0.717) is 47.9 Å². The zero-order valence-electron chi connectivity index (χ0n) is 23.4. The summed E-state index contributed by atoms with van der Waals surface area (Å²) in [5, 5.41) is 3.17. The maximum absolute atomic E-state index is 14.2. The van der Waals surface area contributed by atoms with Crippen LogP contribution in [0.1, 0.15) is 39.0 Å². The standard InChI is InChI=1S/C32H35FN4O4/c1-40-27-19-23-24(20-28(27)41-2)32(39)37-13-11-21-7-3-4-8-22(21)30(37)29(23)31(38)34-12-14-35-15-17-36(18-16-35)26-10-6-5-9-25(26)33/h3-10,19-20,29-30H,11-18H2,1-2H3,(H,34,38)/t29-,30-/m0/s1. The van der Waals surface area contributed by atoms with Crippen LogP contribution < -0.4 is 19.7 Å². The van der Waals surface area contributed by atoms with Gasteiger partial charge >= 0.3 is 0 Å². The molecule has 6 rings (SSSR count). The first kappa shape index (κ1) is 27.1. The van der Waals surface area contributed by atoms with E-state index >= 15 is 0 Å². The Morgan fingerprint density at radius 2 is 1.63 bits per heavy atom. The van der Waals surface area contributed by atoms with Gasteiger partial charge in [0.2, 0.25) is 5.91 Å². The molecule has 1 N–H and O–H groups in total. The molecule has 0 spiro atoms. The van der Waals surface area contributed by atoms with E-state index in [2.05, 4.69) is 21.2 Å². The number of benzene rings is 3. The van der Waals surface area contributed by atoms with Gasteiger partial charge in [-0.3, -0.25) is 14.5 Å². The molecule has 3 heterocycles. The zero-order valence-corrected chi connectivity index (χ0v) is 23.4. The summed E-state index contributed by atoms with van der Waals surface area (Å²) in [7, 11) is 3.09. The lowest BCUT2D eigenvalue weighted by Gasteiger charge is -2.45. The molecule has 1 saturated heterocycles. The van der Waals surface area contributed by atoms with Crippen molar-refractivity contribution in [2.45, 2.75) is 18.4 Å². The molecular formula is C32H35FN4O4. The molecule has 0 bridgehead atoms. The molecule has 3 aliphatic rings. The Hall–Kier alpha value is -4.11. The minimum Gasteiger partial charge on any atom is -0.493 e. The number of hydrogen-bond acceptors (Lipinski definition) is 6. The number of nitrogens with zero attached hydrogens (tertiary/aromatic N) is 3. The van der Waals surface area contributed by atoms with Gasteiger partial charge in [-0.25, -0.2) is 4.39 Å². The summed E-state index contributed by atoms with van der Waals surface area (Å²) in [6.07, 6.45) is 0.744. The number of fused-ring (bicyclic) bond motifs is 4. The van der Waals surface area contributed by atoms with E-state index in [4.69, 9.17) is 9.47 Å². The molecule has 0 unspecified atom stereocenters. The third-order valence-electron chi connectivity index (χ3n) is 8.60. The first-order chi connectivity index (χ1) is 20.0. The molecule has 0 saturated carbocycles. The van der Waals surface area contributed by atoms with Gasteiger partial charge in [-0.05, 0) is 47.4 Å². The summed E-state index contributed by atoms with van der Waals surface area (Å²) in [4.78, 5) is 33.9. The predicted octanol–water partition coefficient (Wildman–Crippen LogP) is 3.62. The summed E-state index contributed by atoms with van der Waals surface area (Å²) >= 11 is 0. The molecule has 1 fully saturated rings. The van der Waals surface area contributed by atoms with Crippen LogP contribution in [0.4, 0.5) is 10.1 Å². The number of amides is 2. The molecule has 2 amide bonds. The topological polar surface area (TPSA) is 74.4 Å². The van der Waals surface area contributed by atoms with Gasteiger partial charge in [0, 0.05) is 51.4 Å². The van der Waals surface area contributed by atoms with Gasteiger partial charge in [0.15, 0.2) is 11.5 Å². The Morgan fingerprint density at radius 3 is 2.39 bits per heavy atom. The van der Waals surface area contributed by atoms with Crippen molar-refractivity contribution in [1.29, 1.82) is 0 Å². The number of ether oxygens (including phenoxy) is 2. The smallest absolute Gasteiger partial charge is 0.254 e. The highest BCUT2D eigenvalue weighted by Crippen LogP contribution is 2.48. The summed E-state index contributed by atoms with van der Waals surface area (Å²) in [6, 6.07) is 18.0. The number of methoxy groups -OCH3 is 2. The normalized spacial score (nSPS) is 20.1. The summed E-state index contributed by atoms with van der Waals surface area (Å²) in [5.74, 6) is -0.0694. The van der Waals surface area contributed by atoms with E-state index in [9.17, 15) is 14.0 Å². The van der Waals surface area contributed by atoms with Crippen LogP contribution in [-0.2, 0) is 11.2 Å². The van der Waals surface area contributed by atoms with Gasteiger partial charge in [0.25, 0.3) is 5.91 Å². The third kappa shape index (κ3) is 4.99. The van der Waals surface area contributed by atoms with Gasteiger partial charge in [-0.1, -0.05) is 36.4 Å². The summed E-state index contributed by atoms with van der Waals surface area (Å²) < 4.78 is 25.3. The monoisotopic (exact) mass is 558 g/mol. The largest absolute Gasteiger partial charge is 0.493 e. The van der Waals surface area contributed by atoms with Crippen molar-refractivity contribution < 1.29 is 23.5 Å². The van der Waals surface area contributed by atoms with E-state index in [1.54, 1.807) is 25.3 Å². The Morgan fingerprint density at radius 1 is 0.927 bits per heavy atom. The molecule has 0 aromatic heterocycles. The van der Waals surface area contributed by atoms with Crippen molar-refractivity contribution in [3.63, 3.8) is 0 Å². The van der Waals surface area contributed by atoms with Crippen molar-refractivity contribution in [3.05, 3.63) is 88.7 Å². The highest BCUT2D eigenvalue weighted by atomic mass is 19.1. The van der Waals surface area contributed by atoms with E-state index in [-0.39, 0.29) is 17.6 Å². The maximum Gasteiger partial charge on any atom is 0.254 e. The average Bonchev–Trinajstić information content (AvgIpc) is 3.01. The minimum absolute atomic E-state index is 0.0998. The molecule has 8 nitrogen and oxygen atoms in total. The van der Waals surface area contributed by atoms with Crippen LogP contribution >= 0.6 is 0 Å². The quantitative estimate of drug-likeness (QED) is 0.478. The number of hydrogen-bond donors (Lipinski definition) is 1. The number of anilines is 1. The molecule has 2 atom stereocenters. The van der Waals surface area contributed by atoms with E-state index in [1.165, 1.54) is 13.2 Å². The Balaban J connectivity index is 1.21. The number of rotatable bonds is 7. The Bertz CT molecular complexity index is 1460. The van der Waals surface area contributed by atoms with Crippen molar-refractivity contribution in [3.8, 4) is 11.5 Å². The fourth-order valence-corrected chi connectivity index (χ4v) is 6.50. The molecular weight excluding hydrogens is 523 g/mol. The molecule has 3 aliphatic heterocycles. The lowest BCUT2D eigenvalue weighted by atomic mass is 9.75. The fourth-order valence-electron chi connectivity index (χ4n) is 6.50. The third-order valence-corrected chi connectivity index (χ3v) is 8.60. The maximum atomic E-state index is 14.2. The van der Waals surface area contributed by atoms with Crippen molar-refractivity contribution in [2.24, 2.45) is 0 Å². The second-order valence-electron chi connectivity index (χ2n) is 10.7. The zero-order chi connectivity index (χ0) is 28.5. The van der Waals surface area contributed by atoms with Gasteiger partial charge < -0.3 is 24.6 Å². The number of nitrogens with one attached hydrogen (secondary N) is 1. The van der Waals surface area contributed by atoms with Gasteiger partial charge in [-0.2, -0.15) is 0 Å². The lowest BCUT2D eigenvalue weighted by molar-refractivity contribution is -0.124. The van der Waals surface area contributed by atoms with Crippen LogP contribution in [0.15, 0.2) is 60.7 Å². The van der Waals surface area contributed by atoms with E-state index in [0.717, 1.165) is 43.7 Å². The van der Waals surface area contributed by atoms with Crippen molar-refractivity contribution in [2.75, 3.05) is 64.9 Å². The molecule has 214 valence electrons. The fraction of sp³-hybridized carbons (Fsp3) is 0.375. The first-order valence-corrected chi connectivity index (χ1v) is 14.1. The Labute approximate surface area is 239 Å². The number of carbonyl (C=O) groups is 2. The molecule has 41 heavy (non-hydrogen) atoms. The van der Waals surface area contributed by atoms with Crippen LogP contribution in [0.3, 0.4) is 0 Å². The van der Waals surface area contributed by atoms with Crippen LogP contribution in [0, 0.1) is 5.82 Å². The molecule has 9 heteroatoms. The van der Waals surface area contributed by atoms with E-state index < -0.39 is 12.0 Å². The predicted molar refractivity (Wildman–Crippen MR) is 154 cm³/mol. The highest BCUT2D eigenvalue weighted by Gasteiger charge is 2.46. The van der Waals surface area contributed by atoms with Gasteiger partial charge in [0.1, 0.15) is 5.82 Å². The number of halogens is 1. The lowest BCUT2D eigenvalue weighted by Crippen LogP contribution is -2.51. The molecule has 0 radical (unpaired) electrons. The molecule has 3 aromatic carbocycles.